The summed E-state index contributed by atoms with van der Waals surface area (Å²) in [6.45, 7) is 4.26. The molecule has 0 saturated carbocycles. The van der Waals surface area contributed by atoms with E-state index in [1.54, 1.807) is 18.5 Å². The second kappa shape index (κ2) is 4.31. The summed E-state index contributed by atoms with van der Waals surface area (Å²) in [5, 5.41) is 0. The Bertz CT molecular complexity index is 731. The number of hydrogen-bond donors (Lipinski definition) is 1. The Morgan fingerprint density at radius 3 is 2.68 bits per heavy atom. The summed E-state index contributed by atoms with van der Waals surface area (Å²) in [6, 6.07) is 1.79. The normalized spacial score (nSPS) is 11.3. The molecule has 0 atom stereocenters. The highest BCUT2D eigenvalue weighted by Gasteiger charge is 2.09. The standard InChI is InChI=1S/C13H14N6/c1-8(2)11-5-17-12-6-16-10(7-19(11)12)9-3-4-15-13(14)18-9/h3-8H,1-2H3,(H2,14,15,18). The van der Waals surface area contributed by atoms with Crippen molar-refractivity contribution in [1.29, 1.82) is 0 Å². The number of hydrogen-bond acceptors (Lipinski definition) is 5. The number of fused-ring (bicyclic) bond motifs is 1. The highest BCUT2D eigenvalue weighted by atomic mass is 15.0. The molecule has 0 fully saturated rings. The Morgan fingerprint density at radius 2 is 1.95 bits per heavy atom. The predicted octanol–water partition coefficient (Wildman–Crippen LogP) is 1.89. The minimum atomic E-state index is 0.245. The number of anilines is 1. The Hall–Kier alpha value is -2.50. The van der Waals surface area contributed by atoms with Crippen molar-refractivity contribution >= 4 is 11.6 Å². The van der Waals surface area contributed by atoms with Crippen LogP contribution in [0.4, 0.5) is 5.95 Å². The predicted molar refractivity (Wildman–Crippen MR) is 72.5 cm³/mol. The molecule has 0 radical (unpaired) electrons. The van der Waals surface area contributed by atoms with Gasteiger partial charge in [0.1, 0.15) is 5.69 Å². The van der Waals surface area contributed by atoms with Gasteiger partial charge in [-0.3, -0.25) is 0 Å². The Labute approximate surface area is 110 Å². The van der Waals surface area contributed by atoms with Crippen LogP contribution in [0.1, 0.15) is 25.5 Å². The molecular weight excluding hydrogens is 240 g/mol. The van der Waals surface area contributed by atoms with Gasteiger partial charge in [-0.25, -0.2) is 19.9 Å². The number of aromatic nitrogens is 5. The van der Waals surface area contributed by atoms with Gasteiger partial charge < -0.3 is 10.1 Å². The molecule has 3 heterocycles. The highest BCUT2D eigenvalue weighted by molar-refractivity contribution is 5.56. The van der Waals surface area contributed by atoms with Crippen molar-refractivity contribution in [2.75, 3.05) is 5.73 Å². The molecule has 0 aliphatic carbocycles. The minimum Gasteiger partial charge on any atom is -0.368 e. The number of nitrogen functional groups attached to an aromatic ring is 1. The SMILES string of the molecule is CC(C)c1cnc2cnc(-c3ccnc(N)n3)cn12. The summed E-state index contributed by atoms with van der Waals surface area (Å²) in [4.78, 5) is 16.8. The lowest BCUT2D eigenvalue weighted by molar-refractivity contribution is 0.807. The first-order valence-corrected chi connectivity index (χ1v) is 6.07. The van der Waals surface area contributed by atoms with E-state index < -0.39 is 0 Å². The Balaban J connectivity index is 2.18. The van der Waals surface area contributed by atoms with Crippen LogP contribution < -0.4 is 5.73 Å². The molecule has 19 heavy (non-hydrogen) atoms. The van der Waals surface area contributed by atoms with Crippen molar-refractivity contribution in [3.05, 3.63) is 36.5 Å². The lowest BCUT2D eigenvalue weighted by atomic mass is 10.1. The summed E-state index contributed by atoms with van der Waals surface area (Å²) in [7, 11) is 0. The molecule has 2 N–H and O–H groups in total. The van der Waals surface area contributed by atoms with Crippen LogP contribution in [-0.2, 0) is 0 Å². The van der Waals surface area contributed by atoms with Crippen molar-refractivity contribution in [3.63, 3.8) is 0 Å². The van der Waals surface area contributed by atoms with Crippen LogP contribution in [-0.4, -0.2) is 24.3 Å². The molecular formula is C13H14N6. The van der Waals surface area contributed by atoms with Crippen molar-refractivity contribution in [1.82, 2.24) is 24.3 Å². The Morgan fingerprint density at radius 1 is 1.11 bits per heavy atom. The van der Waals surface area contributed by atoms with E-state index in [4.69, 9.17) is 5.73 Å². The first-order chi connectivity index (χ1) is 9.15. The zero-order chi connectivity index (χ0) is 13.4. The number of nitrogens with zero attached hydrogens (tertiary/aromatic N) is 5. The van der Waals surface area contributed by atoms with Crippen LogP contribution in [0.25, 0.3) is 17.0 Å². The van der Waals surface area contributed by atoms with Crippen molar-refractivity contribution in [2.45, 2.75) is 19.8 Å². The van der Waals surface area contributed by atoms with Gasteiger partial charge in [-0.1, -0.05) is 13.8 Å². The quantitative estimate of drug-likeness (QED) is 0.755. The average Bonchev–Trinajstić information content (AvgIpc) is 2.81. The van der Waals surface area contributed by atoms with Crippen LogP contribution in [0, 0.1) is 0 Å². The van der Waals surface area contributed by atoms with Crippen LogP contribution in [0.3, 0.4) is 0 Å². The number of nitrogens with two attached hydrogens (primary N) is 1. The summed E-state index contributed by atoms with van der Waals surface area (Å²) < 4.78 is 2.03. The van der Waals surface area contributed by atoms with E-state index in [2.05, 4.69) is 33.8 Å². The van der Waals surface area contributed by atoms with Gasteiger partial charge in [0.15, 0.2) is 5.65 Å². The third-order valence-electron chi connectivity index (χ3n) is 2.95. The van der Waals surface area contributed by atoms with Crippen LogP contribution in [0.5, 0.6) is 0 Å². The molecule has 0 aliphatic heterocycles. The highest BCUT2D eigenvalue weighted by Crippen LogP contribution is 2.19. The van der Waals surface area contributed by atoms with E-state index in [1.807, 2.05) is 16.8 Å². The van der Waals surface area contributed by atoms with Crippen molar-refractivity contribution in [2.24, 2.45) is 0 Å². The zero-order valence-corrected chi connectivity index (χ0v) is 10.8. The first-order valence-electron chi connectivity index (χ1n) is 6.07. The maximum absolute atomic E-state index is 5.60. The van der Waals surface area contributed by atoms with E-state index >= 15 is 0 Å². The van der Waals surface area contributed by atoms with Crippen LogP contribution in [0.15, 0.2) is 30.9 Å². The first kappa shape index (κ1) is 11.6. The van der Waals surface area contributed by atoms with Crippen molar-refractivity contribution < 1.29 is 0 Å². The molecule has 6 nitrogen and oxygen atoms in total. The smallest absolute Gasteiger partial charge is 0.220 e. The maximum Gasteiger partial charge on any atom is 0.220 e. The molecule has 0 spiro atoms. The van der Waals surface area contributed by atoms with E-state index in [9.17, 15) is 0 Å². The van der Waals surface area contributed by atoms with Gasteiger partial charge in [-0.2, -0.15) is 0 Å². The fourth-order valence-corrected chi connectivity index (χ4v) is 1.98. The molecule has 0 unspecified atom stereocenters. The molecule has 0 saturated heterocycles. The number of imidazole rings is 1. The summed E-state index contributed by atoms with van der Waals surface area (Å²) in [5.74, 6) is 0.634. The van der Waals surface area contributed by atoms with Gasteiger partial charge in [-0.05, 0) is 12.0 Å². The third-order valence-corrected chi connectivity index (χ3v) is 2.95. The van der Waals surface area contributed by atoms with Crippen LogP contribution >= 0.6 is 0 Å². The molecule has 6 heteroatoms. The maximum atomic E-state index is 5.60. The topological polar surface area (TPSA) is 82.0 Å². The second-order valence-electron chi connectivity index (χ2n) is 4.64. The molecule has 3 aromatic heterocycles. The third kappa shape index (κ3) is 2.01. The minimum absolute atomic E-state index is 0.245. The molecule has 0 bridgehead atoms. The lowest BCUT2D eigenvalue weighted by Gasteiger charge is -2.06. The molecule has 3 aromatic rings. The van der Waals surface area contributed by atoms with Crippen LogP contribution in [0.2, 0.25) is 0 Å². The average molecular weight is 254 g/mol. The van der Waals surface area contributed by atoms with E-state index in [0.29, 0.717) is 11.6 Å². The summed E-state index contributed by atoms with van der Waals surface area (Å²) >= 11 is 0. The molecule has 0 aliphatic rings. The molecule has 3 rings (SSSR count). The monoisotopic (exact) mass is 254 g/mol. The fraction of sp³-hybridized carbons (Fsp3) is 0.231. The lowest BCUT2D eigenvalue weighted by Crippen LogP contribution is -2.00. The van der Waals surface area contributed by atoms with Gasteiger partial charge in [0.2, 0.25) is 5.95 Å². The van der Waals surface area contributed by atoms with E-state index in [-0.39, 0.29) is 5.95 Å². The van der Waals surface area contributed by atoms with Gasteiger partial charge in [0.25, 0.3) is 0 Å². The molecule has 96 valence electrons. The van der Waals surface area contributed by atoms with Gasteiger partial charge in [-0.15, -0.1) is 0 Å². The van der Waals surface area contributed by atoms with E-state index in [1.165, 1.54) is 0 Å². The van der Waals surface area contributed by atoms with Gasteiger partial charge in [0, 0.05) is 24.3 Å². The second-order valence-corrected chi connectivity index (χ2v) is 4.64. The summed E-state index contributed by atoms with van der Waals surface area (Å²) in [5.41, 5.74) is 9.02. The van der Waals surface area contributed by atoms with Gasteiger partial charge >= 0.3 is 0 Å². The molecule has 0 aromatic carbocycles. The zero-order valence-electron chi connectivity index (χ0n) is 10.8. The van der Waals surface area contributed by atoms with Gasteiger partial charge in [0.05, 0.1) is 11.9 Å². The largest absolute Gasteiger partial charge is 0.368 e. The number of rotatable bonds is 2. The Kier molecular flexibility index (Phi) is 2.63. The van der Waals surface area contributed by atoms with Crippen molar-refractivity contribution in [3.8, 4) is 11.4 Å². The summed E-state index contributed by atoms with van der Waals surface area (Å²) in [6.07, 6.45) is 7.17. The fourth-order valence-electron chi connectivity index (χ4n) is 1.98. The van der Waals surface area contributed by atoms with E-state index in [0.717, 1.165) is 17.0 Å². The molecule has 0 amide bonds.